The summed E-state index contributed by atoms with van der Waals surface area (Å²) in [6.07, 6.45) is 1.99. The van der Waals surface area contributed by atoms with Crippen LogP contribution in [0.3, 0.4) is 0 Å². The number of nitrogens with zero attached hydrogens (tertiary/aromatic N) is 1. The molecule has 1 amide bonds. The third kappa shape index (κ3) is 5.19. The van der Waals surface area contributed by atoms with E-state index < -0.39 is 10.0 Å². The van der Waals surface area contributed by atoms with Gasteiger partial charge in [-0.2, -0.15) is 4.31 Å². The second kappa shape index (κ2) is 9.32. The third-order valence-corrected chi connectivity index (χ3v) is 6.91. The van der Waals surface area contributed by atoms with Gasteiger partial charge in [-0.05, 0) is 36.2 Å². The summed E-state index contributed by atoms with van der Waals surface area (Å²) in [5, 5.41) is 2.88. The Morgan fingerprint density at radius 3 is 2.29 bits per heavy atom. The summed E-state index contributed by atoms with van der Waals surface area (Å²) in [5.41, 5.74) is 1.93. The number of para-hydroxylation sites is 1. The number of quaternary nitrogens is 1. The predicted molar refractivity (Wildman–Crippen MR) is 110 cm³/mol. The molecule has 1 fully saturated rings. The van der Waals surface area contributed by atoms with Crippen molar-refractivity contribution >= 4 is 21.6 Å². The number of carbonyl (C=O) groups is 1. The van der Waals surface area contributed by atoms with Crippen molar-refractivity contribution < 1.29 is 18.1 Å². The van der Waals surface area contributed by atoms with Crippen LogP contribution in [0.25, 0.3) is 0 Å². The van der Waals surface area contributed by atoms with Gasteiger partial charge in [-0.1, -0.05) is 43.7 Å². The van der Waals surface area contributed by atoms with E-state index in [-0.39, 0.29) is 5.91 Å². The number of aryl methyl sites for hydroxylation is 1. The maximum Gasteiger partial charge on any atom is 0.279 e. The van der Waals surface area contributed by atoms with Gasteiger partial charge in [0.1, 0.15) is 0 Å². The van der Waals surface area contributed by atoms with Crippen LogP contribution in [0.5, 0.6) is 0 Å². The van der Waals surface area contributed by atoms with E-state index in [2.05, 4.69) is 12.2 Å². The number of nitrogens with one attached hydrogen (secondary N) is 2. The van der Waals surface area contributed by atoms with Gasteiger partial charge in [-0.3, -0.25) is 4.79 Å². The maximum absolute atomic E-state index is 12.9. The molecule has 0 bridgehead atoms. The fourth-order valence-corrected chi connectivity index (χ4v) is 4.88. The van der Waals surface area contributed by atoms with Crippen LogP contribution in [0.2, 0.25) is 0 Å². The van der Waals surface area contributed by atoms with Crippen LogP contribution in [0, 0.1) is 0 Å². The van der Waals surface area contributed by atoms with Crippen LogP contribution >= 0.6 is 0 Å². The Morgan fingerprint density at radius 2 is 1.68 bits per heavy atom. The number of hydrogen-bond acceptors (Lipinski definition) is 3. The quantitative estimate of drug-likeness (QED) is 0.730. The molecule has 0 saturated carbocycles. The number of benzene rings is 2. The van der Waals surface area contributed by atoms with Crippen LogP contribution in [-0.2, 0) is 21.2 Å². The molecule has 2 N–H and O–H groups in total. The minimum Gasteiger partial charge on any atom is -0.325 e. The number of hydrogen-bond donors (Lipinski definition) is 2. The molecule has 150 valence electrons. The van der Waals surface area contributed by atoms with E-state index in [1.165, 1.54) is 4.31 Å². The largest absolute Gasteiger partial charge is 0.325 e. The van der Waals surface area contributed by atoms with Crippen molar-refractivity contribution in [3.05, 3.63) is 60.2 Å². The van der Waals surface area contributed by atoms with Crippen LogP contribution in [0.15, 0.2) is 59.5 Å². The Kier molecular flexibility index (Phi) is 6.83. The van der Waals surface area contributed by atoms with E-state index in [0.717, 1.165) is 29.0 Å². The molecule has 2 aromatic rings. The molecular weight excluding hydrogens is 374 g/mol. The van der Waals surface area contributed by atoms with Gasteiger partial charge in [0, 0.05) is 5.69 Å². The van der Waals surface area contributed by atoms with Gasteiger partial charge in [0.2, 0.25) is 10.0 Å². The zero-order valence-corrected chi connectivity index (χ0v) is 17.0. The molecule has 2 aromatic carbocycles. The first-order valence-corrected chi connectivity index (χ1v) is 11.2. The summed E-state index contributed by atoms with van der Waals surface area (Å²) in [7, 11) is -3.47. The summed E-state index contributed by atoms with van der Waals surface area (Å²) in [6.45, 7) is 4.53. The Bertz CT molecular complexity index is 875. The first kappa shape index (κ1) is 20.5. The summed E-state index contributed by atoms with van der Waals surface area (Å²) < 4.78 is 27.3. The van der Waals surface area contributed by atoms with Crippen molar-refractivity contribution in [3.8, 4) is 0 Å². The van der Waals surface area contributed by atoms with Crippen LogP contribution < -0.4 is 10.2 Å². The highest BCUT2D eigenvalue weighted by molar-refractivity contribution is 7.89. The molecule has 0 unspecified atom stereocenters. The van der Waals surface area contributed by atoms with Crippen LogP contribution in [-0.4, -0.2) is 51.4 Å². The van der Waals surface area contributed by atoms with Crippen LogP contribution in [0.1, 0.15) is 18.9 Å². The van der Waals surface area contributed by atoms with E-state index in [1.807, 2.05) is 42.5 Å². The lowest BCUT2D eigenvalue weighted by molar-refractivity contribution is -0.895. The molecule has 6 nitrogen and oxygen atoms in total. The van der Waals surface area contributed by atoms with Crippen molar-refractivity contribution in [2.24, 2.45) is 0 Å². The smallest absolute Gasteiger partial charge is 0.279 e. The number of amides is 1. The molecule has 0 atom stereocenters. The first-order valence-electron chi connectivity index (χ1n) is 9.76. The fraction of sp³-hybridized carbons (Fsp3) is 0.381. The second-order valence-electron chi connectivity index (χ2n) is 7.14. The van der Waals surface area contributed by atoms with Gasteiger partial charge in [-0.25, -0.2) is 8.42 Å². The Morgan fingerprint density at radius 1 is 1.04 bits per heavy atom. The van der Waals surface area contributed by atoms with Crippen molar-refractivity contribution in [2.45, 2.75) is 24.7 Å². The molecule has 0 aliphatic carbocycles. The summed E-state index contributed by atoms with van der Waals surface area (Å²) in [4.78, 5) is 13.6. The molecule has 1 saturated heterocycles. The van der Waals surface area contributed by atoms with Crippen LogP contribution in [0.4, 0.5) is 5.69 Å². The number of carbonyl (C=O) groups excluding carboxylic acids is 1. The van der Waals surface area contributed by atoms with Gasteiger partial charge in [-0.15, -0.1) is 0 Å². The Labute approximate surface area is 167 Å². The zero-order chi connectivity index (χ0) is 20.0. The van der Waals surface area contributed by atoms with E-state index >= 15 is 0 Å². The number of sulfonamides is 1. The number of anilines is 1. The Hall–Kier alpha value is -2.22. The molecule has 1 aliphatic heterocycles. The molecule has 0 aromatic heterocycles. The minimum absolute atomic E-state index is 0.0518. The van der Waals surface area contributed by atoms with E-state index in [9.17, 15) is 13.2 Å². The lowest BCUT2D eigenvalue weighted by atomic mass is 10.1. The number of rotatable bonds is 7. The Balaban J connectivity index is 1.53. The predicted octanol–water partition coefficient (Wildman–Crippen LogP) is 1.17. The monoisotopic (exact) mass is 402 g/mol. The topological polar surface area (TPSA) is 70.9 Å². The standard InChI is InChI=1S/C21H27N3O3S/c1-2-6-18-9-11-20(12-10-18)28(26,27)24-15-13-23(14-16-24)17-21(25)22-19-7-4-3-5-8-19/h3-5,7-12H,2,6,13-17H2,1H3,(H,22,25)/p+1. The van der Waals surface area contributed by atoms with E-state index in [4.69, 9.17) is 0 Å². The average Bonchev–Trinajstić information content (AvgIpc) is 2.70. The van der Waals surface area contributed by atoms with Crippen molar-refractivity contribution in [1.29, 1.82) is 0 Å². The molecule has 1 aliphatic rings. The molecular formula is C21H28N3O3S+. The molecule has 0 spiro atoms. The highest BCUT2D eigenvalue weighted by Crippen LogP contribution is 2.17. The summed E-state index contributed by atoms with van der Waals surface area (Å²) in [5.74, 6) is -0.0518. The molecule has 28 heavy (non-hydrogen) atoms. The lowest BCUT2D eigenvalue weighted by Crippen LogP contribution is -3.15. The van der Waals surface area contributed by atoms with Gasteiger partial charge >= 0.3 is 0 Å². The molecule has 1 heterocycles. The highest BCUT2D eigenvalue weighted by atomic mass is 32.2. The van der Waals surface area contributed by atoms with E-state index in [0.29, 0.717) is 37.6 Å². The van der Waals surface area contributed by atoms with Crippen molar-refractivity contribution in [3.63, 3.8) is 0 Å². The van der Waals surface area contributed by atoms with Crippen molar-refractivity contribution in [2.75, 3.05) is 38.0 Å². The van der Waals surface area contributed by atoms with E-state index in [1.54, 1.807) is 12.1 Å². The normalized spacial score (nSPS) is 16.0. The summed E-state index contributed by atoms with van der Waals surface area (Å²) in [6, 6.07) is 16.5. The van der Waals surface area contributed by atoms with Crippen molar-refractivity contribution in [1.82, 2.24) is 4.31 Å². The minimum atomic E-state index is -3.47. The molecule has 7 heteroatoms. The maximum atomic E-state index is 12.9. The third-order valence-electron chi connectivity index (χ3n) is 5.00. The van der Waals surface area contributed by atoms with Gasteiger partial charge in [0.05, 0.1) is 31.1 Å². The average molecular weight is 403 g/mol. The number of piperazine rings is 1. The van der Waals surface area contributed by atoms with Gasteiger partial charge in [0.25, 0.3) is 5.91 Å². The summed E-state index contributed by atoms with van der Waals surface area (Å²) >= 11 is 0. The zero-order valence-electron chi connectivity index (χ0n) is 16.2. The SMILES string of the molecule is CCCc1ccc(S(=O)(=O)N2CC[NH+](CC(=O)Nc3ccccc3)CC2)cc1. The second-order valence-corrected chi connectivity index (χ2v) is 9.08. The molecule has 3 rings (SSSR count). The van der Waals surface area contributed by atoms with Gasteiger partial charge < -0.3 is 10.2 Å². The fourth-order valence-electron chi connectivity index (χ4n) is 3.44. The highest BCUT2D eigenvalue weighted by Gasteiger charge is 2.31. The lowest BCUT2D eigenvalue weighted by Gasteiger charge is -2.31. The molecule has 0 radical (unpaired) electrons. The van der Waals surface area contributed by atoms with Gasteiger partial charge in [0.15, 0.2) is 6.54 Å². The first-order chi connectivity index (χ1) is 13.5.